The predicted molar refractivity (Wildman–Crippen MR) is 76.2 cm³/mol. The lowest BCUT2D eigenvalue weighted by Gasteiger charge is -2.23. The number of hydrogen-bond acceptors (Lipinski definition) is 3. The van der Waals surface area contributed by atoms with E-state index < -0.39 is 0 Å². The van der Waals surface area contributed by atoms with Gasteiger partial charge >= 0.3 is 0 Å². The Hall–Kier alpha value is -2.10. The molecule has 3 rings (SSSR count). The van der Waals surface area contributed by atoms with Crippen molar-refractivity contribution in [2.75, 3.05) is 7.11 Å². The fourth-order valence-electron chi connectivity index (χ4n) is 2.16. The third-order valence-corrected chi connectivity index (χ3v) is 3.30. The SMILES string of the molecule is COc1ccc([C@@H]2C=C[C@H](c3ccccc3)OO2)cc1. The molecule has 0 saturated carbocycles. The maximum Gasteiger partial charge on any atom is 0.136 e. The minimum Gasteiger partial charge on any atom is -0.497 e. The first-order valence-electron chi connectivity index (χ1n) is 6.56. The summed E-state index contributed by atoms with van der Waals surface area (Å²) in [5, 5.41) is 0. The Balaban J connectivity index is 1.73. The number of rotatable bonds is 3. The standard InChI is InChI=1S/C17H16O3/c1-18-15-9-7-14(8-10-15)17-12-11-16(19-20-17)13-5-3-2-4-6-13/h2-12,16-17H,1H3/t16-,17+/m1/s1. The zero-order chi connectivity index (χ0) is 13.8. The summed E-state index contributed by atoms with van der Waals surface area (Å²) in [6.07, 6.45) is 3.71. The van der Waals surface area contributed by atoms with Gasteiger partial charge in [-0.05, 0) is 35.4 Å². The molecule has 0 spiro atoms. The van der Waals surface area contributed by atoms with E-state index >= 15 is 0 Å². The van der Waals surface area contributed by atoms with Gasteiger partial charge in [-0.2, -0.15) is 0 Å². The molecule has 0 radical (unpaired) electrons. The second kappa shape index (κ2) is 5.90. The summed E-state index contributed by atoms with van der Waals surface area (Å²) in [6, 6.07) is 17.8. The van der Waals surface area contributed by atoms with Crippen molar-refractivity contribution in [1.29, 1.82) is 0 Å². The van der Waals surface area contributed by atoms with Crippen molar-refractivity contribution >= 4 is 0 Å². The van der Waals surface area contributed by atoms with Crippen LogP contribution in [0, 0.1) is 0 Å². The number of hydrogen-bond donors (Lipinski definition) is 0. The van der Waals surface area contributed by atoms with Crippen LogP contribution < -0.4 is 4.74 Å². The molecule has 0 amide bonds. The molecule has 3 heteroatoms. The van der Waals surface area contributed by atoms with E-state index in [0.29, 0.717) is 0 Å². The lowest BCUT2D eigenvalue weighted by atomic mass is 10.0. The van der Waals surface area contributed by atoms with Gasteiger partial charge in [-0.25, -0.2) is 9.78 Å². The van der Waals surface area contributed by atoms with E-state index in [1.165, 1.54) is 0 Å². The van der Waals surface area contributed by atoms with E-state index in [2.05, 4.69) is 0 Å². The molecular weight excluding hydrogens is 252 g/mol. The van der Waals surface area contributed by atoms with Crippen LogP contribution in [0.25, 0.3) is 0 Å². The summed E-state index contributed by atoms with van der Waals surface area (Å²) in [6.45, 7) is 0. The minimum atomic E-state index is -0.180. The molecule has 2 aromatic rings. The molecule has 2 atom stereocenters. The second-order valence-electron chi connectivity index (χ2n) is 4.60. The molecule has 2 aromatic carbocycles. The Labute approximate surface area is 118 Å². The molecule has 0 bridgehead atoms. The van der Waals surface area contributed by atoms with Gasteiger partial charge in [0.2, 0.25) is 0 Å². The summed E-state index contributed by atoms with van der Waals surface area (Å²) in [5.41, 5.74) is 2.12. The van der Waals surface area contributed by atoms with Crippen molar-refractivity contribution in [3.63, 3.8) is 0 Å². The topological polar surface area (TPSA) is 27.7 Å². The first kappa shape index (κ1) is 12.9. The van der Waals surface area contributed by atoms with E-state index in [-0.39, 0.29) is 12.2 Å². The molecule has 0 unspecified atom stereocenters. The molecule has 3 nitrogen and oxygen atoms in total. The summed E-state index contributed by atoms with van der Waals surface area (Å²) < 4.78 is 5.14. The molecule has 0 aliphatic carbocycles. The Kier molecular flexibility index (Phi) is 3.81. The Morgan fingerprint density at radius 2 is 1.30 bits per heavy atom. The van der Waals surface area contributed by atoms with Crippen LogP contribution in [0.2, 0.25) is 0 Å². The lowest BCUT2D eigenvalue weighted by Crippen LogP contribution is -2.12. The van der Waals surface area contributed by atoms with Crippen molar-refractivity contribution in [2.24, 2.45) is 0 Å². The summed E-state index contributed by atoms with van der Waals surface area (Å²) >= 11 is 0. The Morgan fingerprint density at radius 3 is 1.80 bits per heavy atom. The quantitative estimate of drug-likeness (QED) is 0.622. The maximum atomic E-state index is 5.48. The molecule has 1 aliphatic rings. The highest BCUT2D eigenvalue weighted by Gasteiger charge is 2.20. The highest BCUT2D eigenvalue weighted by molar-refractivity contribution is 5.31. The first-order chi connectivity index (χ1) is 9.86. The Bertz CT molecular complexity index is 575. The summed E-state index contributed by atoms with van der Waals surface area (Å²) in [5.74, 6) is 0.830. The van der Waals surface area contributed by atoms with E-state index in [1.807, 2.05) is 66.7 Å². The highest BCUT2D eigenvalue weighted by atomic mass is 17.2. The monoisotopic (exact) mass is 268 g/mol. The highest BCUT2D eigenvalue weighted by Crippen LogP contribution is 2.31. The van der Waals surface area contributed by atoms with Gasteiger partial charge in [0.25, 0.3) is 0 Å². The number of ether oxygens (including phenoxy) is 1. The fourth-order valence-corrected chi connectivity index (χ4v) is 2.16. The van der Waals surface area contributed by atoms with Crippen LogP contribution in [0.1, 0.15) is 23.3 Å². The van der Waals surface area contributed by atoms with Crippen molar-refractivity contribution in [1.82, 2.24) is 0 Å². The van der Waals surface area contributed by atoms with Crippen LogP contribution >= 0.6 is 0 Å². The van der Waals surface area contributed by atoms with Gasteiger partial charge in [0, 0.05) is 0 Å². The molecular formula is C17H16O3. The van der Waals surface area contributed by atoms with Gasteiger partial charge in [-0.3, -0.25) is 0 Å². The first-order valence-corrected chi connectivity index (χ1v) is 6.56. The van der Waals surface area contributed by atoms with E-state index in [9.17, 15) is 0 Å². The van der Waals surface area contributed by atoms with Gasteiger partial charge in [0.1, 0.15) is 18.0 Å². The molecule has 0 N–H and O–H groups in total. The minimum absolute atomic E-state index is 0.148. The summed E-state index contributed by atoms with van der Waals surface area (Å²) in [4.78, 5) is 10.9. The number of methoxy groups -OCH3 is 1. The molecule has 0 aromatic heterocycles. The second-order valence-corrected chi connectivity index (χ2v) is 4.60. The van der Waals surface area contributed by atoms with Gasteiger partial charge in [0.05, 0.1) is 7.11 Å². The predicted octanol–water partition coefficient (Wildman–Crippen LogP) is 4.00. The van der Waals surface area contributed by atoms with Crippen LogP contribution in [-0.2, 0) is 9.78 Å². The van der Waals surface area contributed by atoms with Crippen LogP contribution in [0.3, 0.4) is 0 Å². The van der Waals surface area contributed by atoms with Gasteiger partial charge < -0.3 is 4.74 Å². The zero-order valence-electron chi connectivity index (χ0n) is 11.2. The van der Waals surface area contributed by atoms with Gasteiger partial charge in [-0.1, -0.05) is 42.5 Å². The average molecular weight is 268 g/mol. The third-order valence-electron chi connectivity index (χ3n) is 3.30. The largest absolute Gasteiger partial charge is 0.497 e. The fraction of sp³-hybridized carbons (Fsp3) is 0.176. The normalized spacial score (nSPS) is 21.6. The molecule has 1 heterocycles. The van der Waals surface area contributed by atoms with Crippen LogP contribution in [0.4, 0.5) is 0 Å². The van der Waals surface area contributed by atoms with E-state index in [4.69, 9.17) is 14.5 Å². The van der Waals surface area contributed by atoms with E-state index in [0.717, 1.165) is 16.9 Å². The maximum absolute atomic E-state index is 5.48. The van der Waals surface area contributed by atoms with Crippen molar-refractivity contribution in [3.05, 3.63) is 77.9 Å². The van der Waals surface area contributed by atoms with Crippen molar-refractivity contribution in [2.45, 2.75) is 12.2 Å². The van der Waals surface area contributed by atoms with Crippen LogP contribution in [0.5, 0.6) is 5.75 Å². The van der Waals surface area contributed by atoms with Crippen LogP contribution in [-0.4, -0.2) is 7.11 Å². The van der Waals surface area contributed by atoms with Crippen molar-refractivity contribution < 1.29 is 14.5 Å². The molecule has 0 saturated heterocycles. The van der Waals surface area contributed by atoms with Gasteiger partial charge in [0.15, 0.2) is 0 Å². The Morgan fingerprint density at radius 1 is 0.750 bits per heavy atom. The van der Waals surface area contributed by atoms with Gasteiger partial charge in [-0.15, -0.1) is 0 Å². The molecule has 0 fully saturated rings. The summed E-state index contributed by atoms with van der Waals surface area (Å²) in [7, 11) is 1.65. The lowest BCUT2D eigenvalue weighted by molar-refractivity contribution is -0.345. The van der Waals surface area contributed by atoms with E-state index in [1.54, 1.807) is 7.11 Å². The molecule has 102 valence electrons. The zero-order valence-corrected chi connectivity index (χ0v) is 11.2. The average Bonchev–Trinajstić information content (AvgIpc) is 2.56. The smallest absolute Gasteiger partial charge is 0.136 e. The number of benzene rings is 2. The van der Waals surface area contributed by atoms with Crippen LogP contribution in [0.15, 0.2) is 66.7 Å². The third kappa shape index (κ3) is 2.74. The molecule has 20 heavy (non-hydrogen) atoms. The van der Waals surface area contributed by atoms with Crippen molar-refractivity contribution in [3.8, 4) is 5.75 Å². The molecule has 1 aliphatic heterocycles.